The Labute approximate surface area is 79.0 Å². The quantitative estimate of drug-likeness (QED) is 0.495. The number of H-pyrrole nitrogens is 1. The number of nitrogen functional groups attached to an aromatic ring is 1. The zero-order chi connectivity index (χ0) is 10.7. The lowest BCUT2D eigenvalue weighted by Crippen LogP contribution is -2.21. The summed E-state index contributed by atoms with van der Waals surface area (Å²) >= 11 is 0. The van der Waals surface area contributed by atoms with Gasteiger partial charge in [-0.3, -0.25) is 14.6 Å². The molecule has 1 rings (SSSR count). The van der Waals surface area contributed by atoms with Crippen LogP contribution < -0.4 is 16.6 Å². The first-order valence-corrected chi connectivity index (χ1v) is 3.82. The second-order valence-corrected chi connectivity index (χ2v) is 2.60. The molecule has 0 aromatic carbocycles. The summed E-state index contributed by atoms with van der Waals surface area (Å²) in [5.74, 6) is -0.983. The fourth-order valence-electron chi connectivity index (χ4n) is 0.956. The van der Waals surface area contributed by atoms with Crippen LogP contribution in [0.4, 0.5) is 11.8 Å². The number of hydrogen-bond acceptors (Lipinski definition) is 5. The van der Waals surface area contributed by atoms with Crippen molar-refractivity contribution >= 4 is 17.7 Å². The van der Waals surface area contributed by atoms with Gasteiger partial charge in [-0.15, -0.1) is 0 Å². The highest BCUT2D eigenvalue weighted by molar-refractivity contribution is 5.72. The molecule has 1 aromatic rings. The number of aromatic amines is 1. The Morgan fingerprint density at radius 2 is 2.36 bits per heavy atom. The Balaban J connectivity index is 3.18. The van der Waals surface area contributed by atoms with Crippen LogP contribution >= 0.6 is 0 Å². The van der Waals surface area contributed by atoms with Crippen molar-refractivity contribution in [2.24, 2.45) is 0 Å². The molecule has 0 unspecified atom stereocenters. The fourth-order valence-corrected chi connectivity index (χ4v) is 0.956. The van der Waals surface area contributed by atoms with E-state index in [0.717, 1.165) is 0 Å². The molecule has 0 radical (unpaired) electrons. The lowest BCUT2D eigenvalue weighted by Gasteiger charge is -2.03. The topological polar surface area (TPSA) is 121 Å². The molecule has 0 bridgehead atoms. The summed E-state index contributed by atoms with van der Waals surface area (Å²) in [5.41, 5.74) is 4.84. The van der Waals surface area contributed by atoms with Crippen LogP contribution in [0.3, 0.4) is 0 Å². The van der Waals surface area contributed by atoms with Gasteiger partial charge in [0, 0.05) is 7.05 Å². The summed E-state index contributed by atoms with van der Waals surface area (Å²) in [7, 11) is 1.56. The second kappa shape index (κ2) is 3.77. The Morgan fingerprint density at radius 1 is 1.71 bits per heavy atom. The van der Waals surface area contributed by atoms with Crippen LogP contribution in [0.25, 0.3) is 0 Å². The summed E-state index contributed by atoms with van der Waals surface area (Å²) in [6.45, 7) is 0. The van der Waals surface area contributed by atoms with Gasteiger partial charge in [-0.25, -0.2) is 0 Å². The number of anilines is 2. The van der Waals surface area contributed by atoms with Crippen LogP contribution in [0.1, 0.15) is 5.56 Å². The molecule has 7 nitrogen and oxygen atoms in total. The van der Waals surface area contributed by atoms with E-state index in [0.29, 0.717) is 0 Å². The molecule has 1 heterocycles. The minimum absolute atomic E-state index is 0.0310. The molecule has 0 spiro atoms. The number of nitrogens with one attached hydrogen (secondary N) is 2. The molecule has 14 heavy (non-hydrogen) atoms. The Hall–Kier alpha value is -2.05. The van der Waals surface area contributed by atoms with Gasteiger partial charge in [0.15, 0.2) is 0 Å². The van der Waals surface area contributed by atoms with Crippen LogP contribution in [0.15, 0.2) is 4.79 Å². The van der Waals surface area contributed by atoms with Gasteiger partial charge in [-0.2, -0.15) is 4.98 Å². The lowest BCUT2D eigenvalue weighted by atomic mass is 10.2. The highest BCUT2D eigenvalue weighted by Crippen LogP contribution is 2.05. The number of rotatable bonds is 3. The molecule has 0 aliphatic rings. The number of aliphatic carboxylic acids is 1. The van der Waals surface area contributed by atoms with Gasteiger partial charge >= 0.3 is 5.97 Å². The third-order valence-corrected chi connectivity index (χ3v) is 1.61. The molecule has 0 aliphatic carbocycles. The largest absolute Gasteiger partial charge is 0.481 e. The van der Waals surface area contributed by atoms with Crippen LogP contribution in [-0.2, 0) is 11.2 Å². The van der Waals surface area contributed by atoms with Gasteiger partial charge in [-0.1, -0.05) is 0 Å². The number of carboxylic acids is 1. The number of carboxylic acid groups (broad SMARTS) is 1. The van der Waals surface area contributed by atoms with Crippen molar-refractivity contribution in [3.63, 3.8) is 0 Å². The van der Waals surface area contributed by atoms with Crippen molar-refractivity contribution in [1.29, 1.82) is 0 Å². The standard InChI is InChI=1S/C7H10N4O3/c1-9-7-10-5(8)3(2-4(12)13)6(14)11-7/h2H2,1H3,(H,12,13)(H4,8,9,10,11,14). The van der Waals surface area contributed by atoms with E-state index in [4.69, 9.17) is 10.8 Å². The second-order valence-electron chi connectivity index (χ2n) is 2.60. The minimum atomic E-state index is -1.12. The van der Waals surface area contributed by atoms with E-state index in [1.54, 1.807) is 7.05 Å². The van der Waals surface area contributed by atoms with Gasteiger partial charge in [-0.05, 0) is 0 Å². The number of hydrogen-bond donors (Lipinski definition) is 4. The molecule has 0 aliphatic heterocycles. The van der Waals surface area contributed by atoms with E-state index in [-0.39, 0.29) is 17.3 Å². The minimum Gasteiger partial charge on any atom is -0.481 e. The summed E-state index contributed by atoms with van der Waals surface area (Å²) in [6, 6.07) is 0. The molecule has 0 saturated heterocycles. The maximum Gasteiger partial charge on any atom is 0.308 e. The molecule has 7 heteroatoms. The van der Waals surface area contributed by atoms with Crippen LogP contribution in [0, 0.1) is 0 Å². The summed E-state index contributed by atoms with van der Waals surface area (Å²) < 4.78 is 0. The predicted molar refractivity (Wildman–Crippen MR) is 50.2 cm³/mol. The van der Waals surface area contributed by atoms with Gasteiger partial charge < -0.3 is 16.2 Å². The normalized spacial score (nSPS) is 9.79. The van der Waals surface area contributed by atoms with Crippen LogP contribution in [0.2, 0.25) is 0 Å². The average molecular weight is 198 g/mol. The van der Waals surface area contributed by atoms with E-state index in [1.165, 1.54) is 0 Å². The first kappa shape index (κ1) is 10.0. The fraction of sp³-hybridized carbons (Fsp3) is 0.286. The van der Waals surface area contributed by atoms with Crippen molar-refractivity contribution in [2.75, 3.05) is 18.1 Å². The van der Waals surface area contributed by atoms with Crippen LogP contribution in [-0.4, -0.2) is 28.1 Å². The van der Waals surface area contributed by atoms with Crippen molar-refractivity contribution in [1.82, 2.24) is 9.97 Å². The maximum absolute atomic E-state index is 11.3. The summed E-state index contributed by atoms with van der Waals surface area (Å²) in [5, 5.41) is 11.1. The molecular formula is C7H10N4O3. The highest BCUT2D eigenvalue weighted by Gasteiger charge is 2.11. The summed E-state index contributed by atoms with van der Waals surface area (Å²) in [6.07, 6.45) is -0.432. The molecule has 0 amide bonds. The van der Waals surface area contributed by atoms with Crippen molar-refractivity contribution < 1.29 is 9.90 Å². The Bertz CT molecular complexity index is 412. The van der Waals surface area contributed by atoms with Crippen molar-refractivity contribution in [3.8, 4) is 0 Å². The van der Waals surface area contributed by atoms with E-state index < -0.39 is 17.9 Å². The number of carbonyl (C=O) groups is 1. The van der Waals surface area contributed by atoms with E-state index >= 15 is 0 Å². The van der Waals surface area contributed by atoms with E-state index in [2.05, 4.69) is 15.3 Å². The molecular weight excluding hydrogens is 188 g/mol. The molecule has 5 N–H and O–H groups in total. The Kier molecular flexibility index (Phi) is 2.70. The number of nitrogens with two attached hydrogens (primary N) is 1. The lowest BCUT2D eigenvalue weighted by molar-refractivity contribution is -0.136. The van der Waals surface area contributed by atoms with E-state index in [9.17, 15) is 9.59 Å². The maximum atomic E-state index is 11.3. The average Bonchev–Trinajstić information content (AvgIpc) is 2.10. The summed E-state index contributed by atoms with van der Waals surface area (Å²) in [4.78, 5) is 27.8. The van der Waals surface area contributed by atoms with Gasteiger partial charge in [0.2, 0.25) is 5.95 Å². The Morgan fingerprint density at radius 3 is 2.79 bits per heavy atom. The molecule has 0 atom stereocenters. The number of aromatic nitrogens is 2. The van der Waals surface area contributed by atoms with Crippen molar-refractivity contribution in [3.05, 3.63) is 15.9 Å². The van der Waals surface area contributed by atoms with Crippen molar-refractivity contribution in [2.45, 2.75) is 6.42 Å². The highest BCUT2D eigenvalue weighted by atomic mass is 16.4. The zero-order valence-electron chi connectivity index (χ0n) is 7.50. The van der Waals surface area contributed by atoms with Crippen LogP contribution in [0.5, 0.6) is 0 Å². The number of nitrogens with zero attached hydrogens (tertiary/aromatic N) is 1. The van der Waals surface area contributed by atoms with E-state index in [1.807, 2.05) is 0 Å². The third-order valence-electron chi connectivity index (χ3n) is 1.61. The molecule has 0 fully saturated rings. The molecule has 76 valence electrons. The third kappa shape index (κ3) is 2.00. The molecule has 0 saturated carbocycles. The van der Waals surface area contributed by atoms with Gasteiger partial charge in [0.1, 0.15) is 5.82 Å². The monoisotopic (exact) mass is 198 g/mol. The smallest absolute Gasteiger partial charge is 0.308 e. The van der Waals surface area contributed by atoms with Gasteiger partial charge in [0.05, 0.1) is 12.0 Å². The van der Waals surface area contributed by atoms with Gasteiger partial charge in [0.25, 0.3) is 5.56 Å². The SMILES string of the molecule is CNc1nc(N)c(CC(=O)O)c(=O)[nH]1. The predicted octanol–water partition coefficient (Wildman–Crippen LogP) is -0.979. The molecule has 1 aromatic heterocycles. The first-order valence-electron chi connectivity index (χ1n) is 3.82. The zero-order valence-corrected chi connectivity index (χ0v) is 7.50. The first-order chi connectivity index (χ1) is 6.54.